The summed E-state index contributed by atoms with van der Waals surface area (Å²) < 4.78 is 4.70. The minimum atomic E-state index is -0.516. The molecule has 1 saturated carbocycles. The molecule has 0 saturated heterocycles. The standard InChI is InChI=1S/C20H23N3O5S/c1-13-8-9-14(10-17(13)23(26)27)19(24)22(15-6-4-3-5-7-15)11-18-21-16(12-29-18)20(25)28-2/h8-10,12,15H,3-7,11H2,1-2H3. The maximum Gasteiger partial charge on any atom is 0.357 e. The zero-order valence-corrected chi connectivity index (χ0v) is 17.2. The Labute approximate surface area is 172 Å². The molecule has 0 N–H and O–H groups in total. The summed E-state index contributed by atoms with van der Waals surface area (Å²) in [7, 11) is 1.30. The fourth-order valence-corrected chi connectivity index (χ4v) is 4.35. The number of esters is 1. The molecule has 9 heteroatoms. The molecule has 154 valence electrons. The fraction of sp³-hybridized carbons (Fsp3) is 0.450. The van der Waals surface area contributed by atoms with E-state index >= 15 is 0 Å². The number of amides is 1. The first-order valence-electron chi connectivity index (χ1n) is 9.49. The second kappa shape index (κ2) is 9.13. The van der Waals surface area contributed by atoms with E-state index in [4.69, 9.17) is 4.74 Å². The molecule has 1 aromatic heterocycles. The van der Waals surface area contributed by atoms with Crippen LogP contribution in [0.5, 0.6) is 0 Å². The van der Waals surface area contributed by atoms with E-state index in [1.807, 2.05) is 0 Å². The Bertz CT molecular complexity index is 921. The summed E-state index contributed by atoms with van der Waals surface area (Å²) in [6, 6.07) is 4.61. The van der Waals surface area contributed by atoms with Crippen LogP contribution >= 0.6 is 11.3 Å². The number of rotatable bonds is 6. The number of nitrogens with zero attached hydrogens (tertiary/aromatic N) is 3. The second-order valence-electron chi connectivity index (χ2n) is 7.10. The van der Waals surface area contributed by atoms with Crippen molar-refractivity contribution in [2.75, 3.05) is 7.11 Å². The molecule has 29 heavy (non-hydrogen) atoms. The number of methoxy groups -OCH3 is 1. The van der Waals surface area contributed by atoms with Gasteiger partial charge in [-0.1, -0.05) is 25.3 Å². The summed E-state index contributed by atoms with van der Waals surface area (Å²) in [6.45, 7) is 1.90. The number of aryl methyl sites for hydroxylation is 1. The predicted molar refractivity (Wildman–Crippen MR) is 108 cm³/mol. The number of ether oxygens (including phenoxy) is 1. The molecule has 8 nitrogen and oxygen atoms in total. The van der Waals surface area contributed by atoms with Crippen molar-refractivity contribution in [1.29, 1.82) is 0 Å². The molecule has 1 amide bonds. The van der Waals surface area contributed by atoms with Gasteiger partial charge in [-0.25, -0.2) is 9.78 Å². The summed E-state index contributed by atoms with van der Waals surface area (Å²) in [4.78, 5) is 41.8. The zero-order chi connectivity index (χ0) is 21.0. The van der Waals surface area contributed by atoms with Crippen molar-refractivity contribution < 1.29 is 19.2 Å². The molecule has 0 bridgehead atoms. The summed E-state index contributed by atoms with van der Waals surface area (Å²) in [5.74, 6) is -0.771. The Balaban J connectivity index is 1.90. The summed E-state index contributed by atoms with van der Waals surface area (Å²) in [5.41, 5.74) is 0.951. The van der Waals surface area contributed by atoms with Gasteiger partial charge in [-0.05, 0) is 25.8 Å². The summed E-state index contributed by atoms with van der Waals surface area (Å²) in [5, 5.41) is 13.5. The zero-order valence-electron chi connectivity index (χ0n) is 16.4. The van der Waals surface area contributed by atoms with Crippen LogP contribution in [0.3, 0.4) is 0 Å². The van der Waals surface area contributed by atoms with Gasteiger partial charge in [0.25, 0.3) is 11.6 Å². The average Bonchev–Trinajstić information content (AvgIpc) is 3.20. The number of thiazole rings is 1. The van der Waals surface area contributed by atoms with Gasteiger partial charge in [0.15, 0.2) is 5.69 Å². The van der Waals surface area contributed by atoms with Crippen molar-refractivity contribution in [2.24, 2.45) is 0 Å². The third kappa shape index (κ3) is 4.79. The lowest BCUT2D eigenvalue weighted by Gasteiger charge is -2.34. The van der Waals surface area contributed by atoms with Gasteiger partial charge in [-0.2, -0.15) is 0 Å². The SMILES string of the molecule is COC(=O)c1csc(CN(C(=O)c2ccc(C)c([N+](=O)[O-])c2)C2CCCCC2)n1. The van der Waals surface area contributed by atoms with E-state index in [1.165, 1.54) is 24.5 Å². The van der Waals surface area contributed by atoms with Gasteiger partial charge < -0.3 is 9.64 Å². The van der Waals surface area contributed by atoms with E-state index in [9.17, 15) is 19.7 Å². The van der Waals surface area contributed by atoms with Gasteiger partial charge in [0.2, 0.25) is 0 Å². The molecule has 3 rings (SSSR count). The Morgan fingerprint density at radius 3 is 2.69 bits per heavy atom. The maximum atomic E-state index is 13.3. The molecule has 0 spiro atoms. The van der Waals surface area contributed by atoms with E-state index in [0.29, 0.717) is 10.6 Å². The number of nitro benzene ring substituents is 1. The Morgan fingerprint density at radius 1 is 1.31 bits per heavy atom. The number of carbonyl (C=O) groups excluding carboxylic acids is 2. The van der Waals surface area contributed by atoms with Crippen LogP contribution in [0.1, 0.15) is 63.5 Å². The van der Waals surface area contributed by atoms with Gasteiger partial charge >= 0.3 is 5.97 Å². The lowest BCUT2D eigenvalue weighted by Crippen LogP contribution is -2.41. The minimum absolute atomic E-state index is 0.0436. The molecule has 1 heterocycles. The quantitative estimate of drug-likeness (QED) is 0.398. The van der Waals surface area contributed by atoms with Crippen molar-refractivity contribution >= 4 is 28.9 Å². The fourth-order valence-electron chi connectivity index (χ4n) is 3.59. The highest BCUT2D eigenvalue weighted by Crippen LogP contribution is 2.28. The van der Waals surface area contributed by atoms with Gasteiger partial charge in [-0.15, -0.1) is 11.3 Å². The highest BCUT2D eigenvalue weighted by molar-refractivity contribution is 7.09. The molecule has 1 aliphatic carbocycles. The van der Waals surface area contributed by atoms with Crippen LogP contribution in [0.25, 0.3) is 0 Å². The lowest BCUT2D eigenvalue weighted by atomic mass is 9.93. The van der Waals surface area contributed by atoms with Gasteiger partial charge in [0.1, 0.15) is 5.01 Å². The highest BCUT2D eigenvalue weighted by atomic mass is 32.1. The molecule has 2 aromatic rings. The van der Waals surface area contributed by atoms with E-state index in [1.54, 1.807) is 29.3 Å². The number of hydrogen-bond acceptors (Lipinski definition) is 7. The minimum Gasteiger partial charge on any atom is -0.464 e. The lowest BCUT2D eigenvalue weighted by molar-refractivity contribution is -0.385. The summed E-state index contributed by atoms with van der Waals surface area (Å²) >= 11 is 1.29. The van der Waals surface area contributed by atoms with Crippen molar-refractivity contribution in [1.82, 2.24) is 9.88 Å². The number of aromatic nitrogens is 1. The molecular formula is C20H23N3O5S. The Kier molecular flexibility index (Phi) is 6.58. The van der Waals surface area contributed by atoms with Crippen LogP contribution in [0.2, 0.25) is 0 Å². The molecule has 0 aliphatic heterocycles. The molecule has 1 fully saturated rings. The van der Waals surface area contributed by atoms with E-state index in [0.717, 1.165) is 32.1 Å². The number of hydrogen-bond donors (Lipinski definition) is 0. The second-order valence-corrected chi connectivity index (χ2v) is 8.04. The normalized spacial score (nSPS) is 14.4. The number of nitro groups is 1. The van der Waals surface area contributed by atoms with Crippen LogP contribution in [-0.2, 0) is 11.3 Å². The van der Waals surface area contributed by atoms with Crippen molar-refractivity contribution in [3.63, 3.8) is 0 Å². The van der Waals surface area contributed by atoms with Gasteiger partial charge in [-0.3, -0.25) is 14.9 Å². The van der Waals surface area contributed by atoms with Crippen LogP contribution in [0.15, 0.2) is 23.6 Å². The smallest absolute Gasteiger partial charge is 0.357 e. The number of benzene rings is 1. The van der Waals surface area contributed by atoms with Crippen LogP contribution in [0.4, 0.5) is 5.69 Å². The maximum absolute atomic E-state index is 13.3. The number of carbonyl (C=O) groups is 2. The topological polar surface area (TPSA) is 103 Å². The van der Waals surface area contributed by atoms with E-state index < -0.39 is 10.9 Å². The molecule has 0 atom stereocenters. The van der Waals surface area contributed by atoms with Crippen molar-refractivity contribution in [2.45, 2.75) is 51.6 Å². The monoisotopic (exact) mass is 417 g/mol. The molecule has 0 radical (unpaired) electrons. The average molecular weight is 417 g/mol. The molecule has 1 aromatic carbocycles. The third-order valence-corrected chi connectivity index (χ3v) is 6.01. The first-order chi connectivity index (χ1) is 13.9. The third-order valence-electron chi connectivity index (χ3n) is 5.18. The van der Waals surface area contributed by atoms with Crippen LogP contribution in [-0.4, -0.2) is 39.8 Å². The Hall–Kier alpha value is -2.81. The van der Waals surface area contributed by atoms with Crippen molar-refractivity contribution in [3.8, 4) is 0 Å². The Morgan fingerprint density at radius 2 is 2.03 bits per heavy atom. The predicted octanol–water partition coefficient (Wildman–Crippen LogP) is 4.12. The van der Waals surface area contributed by atoms with E-state index in [2.05, 4.69) is 4.98 Å². The van der Waals surface area contributed by atoms with Crippen molar-refractivity contribution in [3.05, 3.63) is 55.5 Å². The van der Waals surface area contributed by atoms with E-state index in [-0.39, 0.29) is 35.4 Å². The highest BCUT2D eigenvalue weighted by Gasteiger charge is 2.29. The molecule has 1 aliphatic rings. The van der Waals surface area contributed by atoms with Crippen LogP contribution < -0.4 is 0 Å². The first kappa shape index (κ1) is 20.9. The van der Waals surface area contributed by atoms with Gasteiger partial charge in [0.05, 0.1) is 18.6 Å². The van der Waals surface area contributed by atoms with Gasteiger partial charge in [0, 0.05) is 28.6 Å². The largest absolute Gasteiger partial charge is 0.464 e. The van der Waals surface area contributed by atoms with Crippen LogP contribution in [0, 0.1) is 17.0 Å². The first-order valence-corrected chi connectivity index (χ1v) is 10.4. The molecule has 0 unspecified atom stereocenters. The molecular weight excluding hydrogens is 394 g/mol. The summed E-state index contributed by atoms with van der Waals surface area (Å²) in [6.07, 6.45) is 4.98.